The molecule has 1 aliphatic heterocycles. The van der Waals surface area contributed by atoms with Crippen LogP contribution in [0.3, 0.4) is 0 Å². The van der Waals surface area contributed by atoms with Crippen molar-refractivity contribution >= 4 is 11.4 Å². The highest BCUT2D eigenvalue weighted by Gasteiger charge is 2.28. The molecule has 1 aromatic rings. The number of nitrogens with zero attached hydrogens (tertiary/aromatic N) is 1. The maximum absolute atomic E-state index is 10.7. The minimum Gasteiger partial charge on any atom is -0.377 e. The standard InChI is InChI=1S/C12H16N2O4/c1-12(2)17-7-10(8-18-12)13-9-4-3-5-11(6-9)14(15)16/h3-6,10,13H,7-8H2,1-2H3. The van der Waals surface area contributed by atoms with E-state index in [1.165, 1.54) is 12.1 Å². The summed E-state index contributed by atoms with van der Waals surface area (Å²) >= 11 is 0. The van der Waals surface area contributed by atoms with Crippen molar-refractivity contribution in [3.63, 3.8) is 0 Å². The lowest BCUT2D eigenvalue weighted by Crippen LogP contribution is -2.45. The lowest BCUT2D eigenvalue weighted by atomic mass is 10.2. The van der Waals surface area contributed by atoms with Crippen LogP contribution in [0.4, 0.5) is 11.4 Å². The molecule has 2 rings (SSSR count). The summed E-state index contributed by atoms with van der Waals surface area (Å²) in [5.74, 6) is -0.555. The zero-order chi connectivity index (χ0) is 13.2. The molecular weight excluding hydrogens is 236 g/mol. The Morgan fingerprint density at radius 1 is 1.39 bits per heavy atom. The van der Waals surface area contributed by atoms with Gasteiger partial charge in [-0.25, -0.2) is 0 Å². The van der Waals surface area contributed by atoms with Crippen LogP contribution in [-0.4, -0.2) is 30.0 Å². The van der Waals surface area contributed by atoms with Crippen molar-refractivity contribution in [2.45, 2.75) is 25.7 Å². The van der Waals surface area contributed by atoms with Crippen LogP contribution in [0.2, 0.25) is 0 Å². The van der Waals surface area contributed by atoms with Crippen molar-refractivity contribution in [3.05, 3.63) is 34.4 Å². The number of hydrogen-bond donors (Lipinski definition) is 1. The first-order valence-electron chi connectivity index (χ1n) is 5.75. The van der Waals surface area contributed by atoms with Crippen LogP contribution in [0.1, 0.15) is 13.8 Å². The van der Waals surface area contributed by atoms with Crippen molar-refractivity contribution < 1.29 is 14.4 Å². The van der Waals surface area contributed by atoms with Crippen LogP contribution in [-0.2, 0) is 9.47 Å². The summed E-state index contributed by atoms with van der Waals surface area (Å²) in [4.78, 5) is 10.2. The normalized spacial score (nSPS) is 19.4. The maximum Gasteiger partial charge on any atom is 0.271 e. The van der Waals surface area contributed by atoms with Crippen LogP contribution < -0.4 is 5.32 Å². The topological polar surface area (TPSA) is 73.6 Å². The van der Waals surface area contributed by atoms with Gasteiger partial charge in [0.1, 0.15) is 0 Å². The fraction of sp³-hybridized carbons (Fsp3) is 0.500. The van der Waals surface area contributed by atoms with Gasteiger partial charge in [0.2, 0.25) is 0 Å². The highest BCUT2D eigenvalue weighted by molar-refractivity contribution is 5.51. The Morgan fingerprint density at radius 2 is 2.06 bits per heavy atom. The number of non-ortho nitro benzene ring substituents is 1. The van der Waals surface area contributed by atoms with E-state index in [9.17, 15) is 10.1 Å². The molecule has 1 heterocycles. The molecule has 1 N–H and O–H groups in total. The number of rotatable bonds is 3. The second-order valence-corrected chi connectivity index (χ2v) is 4.67. The van der Waals surface area contributed by atoms with Crippen molar-refractivity contribution in [2.24, 2.45) is 0 Å². The van der Waals surface area contributed by atoms with E-state index in [2.05, 4.69) is 5.32 Å². The SMILES string of the molecule is CC1(C)OCC(Nc2cccc([N+](=O)[O-])c2)CO1. The Balaban J connectivity index is 1.98. The first kappa shape index (κ1) is 12.8. The Labute approximate surface area is 105 Å². The zero-order valence-corrected chi connectivity index (χ0v) is 10.4. The van der Waals surface area contributed by atoms with Gasteiger partial charge in [0, 0.05) is 17.8 Å². The van der Waals surface area contributed by atoms with Crippen LogP contribution in [0.25, 0.3) is 0 Å². The predicted octanol–water partition coefficient (Wildman–Crippen LogP) is 2.16. The predicted molar refractivity (Wildman–Crippen MR) is 66.5 cm³/mol. The number of hydrogen-bond acceptors (Lipinski definition) is 5. The highest BCUT2D eigenvalue weighted by Crippen LogP contribution is 2.21. The minimum atomic E-state index is -0.555. The molecule has 1 saturated heterocycles. The van der Waals surface area contributed by atoms with Crippen molar-refractivity contribution in [1.82, 2.24) is 0 Å². The molecule has 0 aliphatic carbocycles. The van der Waals surface area contributed by atoms with E-state index < -0.39 is 10.7 Å². The number of benzene rings is 1. The maximum atomic E-state index is 10.7. The number of nitrogens with one attached hydrogen (secondary N) is 1. The molecular formula is C12H16N2O4. The first-order valence-corrected chi connectivity index (χ1v) is 5.75. The Bertz CT molecular complexity index is 437. The van der Waals surface area contributed by atoms with Gasteiger partial charge in [-0.15, -0.1) is 0 Å². The summed E-state index contributed by atoms with van der Waals surface area (Å²) in [7, 11) is 0. The molecule has 0 unspecified atom stereocenters. The molecule has 1 aliphatic rings. The number of anilines is 1. The molecule has 0 radical (unpaired) electrons. The summed E-state index contributed by atoms with van der Waals surface area (Å²) in [5.41, 5.74) is 0.763. The van der Waals surface area contributed by atoms with E-state index in [0.717, 1.165) is 0 Å². The average Bonchev–Trinajstić information content (AvgIpc) is 2.32. The van der Waals surface area contributed by atoms with Crippen LogP contribution in [0.15, 0.2) is 24.3 Å². The third-order valence-electron chi connectivity index (χ3n) is 2.69. The smallest absolute Gasteiger partial charge is 0.271 e. The highest BCUT2D eigenvalue weighted by atomic mass is 16.7. The van der Waals surface area contributed by atoms with Crippen molar-refractivity contribution in [2.75, 3.05) is 18.5 Å². The van der Waals surface area contributed by atoms with Gasteiger partial charge in [-0.05, 0) is 19.9 Å². The van der Waals surface area contributed by atoms with Gasteiger partial charge in [0.05, 0.1) is 24.2 Å². The average molecular weight is 252 g/mol. The fourth-order valence-corrected chi connectivity index (χ4v) is 1.72. The molecule has 0 amide bonds. The van der Waals surface area contributed by atoms with Gasteiger partial charge in [0.25, 0.3) is 5.69 Å². The van der Waals surface area contributed by atoms with Gasteiger partial charge < -0.3 is 14.8 Å². The van der Waals surface area contributed by atoms with E-state index in [4.69, 9.17) is 9.47 Å². The van der Waals surface area contributed by atoms with E-state index >= 15 is 0 Å². The van der Waals surface area contributed by atoms with E-state index in [-0.39, 0.29) is 11.7 Å². The third kappa shape index (κ3) is 3.18. The second kappa shape index (κ2) is 4.91. The summed E-state index contributed by atoms with van der Waals surface area (Å²) in [6.45, 7) is 4.73. The lowest BCUT2D eigenvalue weighted by Gasteiger charge is -2.35. The van der Waals surface area contributed by atoms with Crippen LogP contribution in [0, 0.1) is 10.1 Å². The molecule has 18 heavy (non-hydrogen) atoms. The fourth-order valence-electron chi connectivity index (χ4n) is 1.72. The van der Waals surface area contributed by atoms with Crippen molar-refractivity contribution in [3.8, 4) is 0 Å². The van der Waals surface area contributed by atoms with Gasteiger partial charge in [-0.2, -0.15) is 0 Å². The summed E-state index contributed by atoms with van der Waals surface area (Å²) in [6, 6.07) is 6.39. The van der Waals surface area contributed by atoms with Crippen molar-refractivity contribution in [1.29, 1.82) is 0 Å². The van der Waals surface area contributed by atoms with Gasteiger partial charge >= 0.3 is 0 Å². The van der Waals surface area contributed by atoms with Crippen LogP contribution in [0.5, 0.6) is 0 Å². The van der Waals surface area contributed by atoms with Gasteiger partial charge in [-0.3, -0.25) is 10.1 Å². The Hall–Kier alpha value is -1.66. The number of nitro benzene ring substituents is 1. The first-order chi connectivity index (χ1) is 8.46. The van der Waals surface area contributed by atoms with Gasteiger partial charge in [-0.1, -0.05) is 6.07 Å². The summed E-state index contributed by atoms with van der Waals surface area (Å²) in [6.07, 6.45) is 0. The molecule has 6 nitrogen and oxygen atoms in total. The Morgan fingerprint density at radius 3 is 2.67 bits per heavy atom. The summed E-state index contributed by atoms with van der Waals surface area (Å²) < 4.78 is 11.0. The second-order valence-electron chi connectivity index (χ2n) is 4.67. The quantitative estimate of drug-likeness (QED) is 0.659. The number of ether oxygens (including phenoxy) is 2. The van der Waals surface area contributed by atoms with Gasteiger partial charge in [0.15, 0.2) is 5.79 Å². The molecule has 1 aromatic carbocycles. The molecule has 98 valence electrons. The minimum absolute atomic E-state index is 0.0000269. The molecule has 0 bridgehead atoms. The summed E-state index contributed by atoms with van der Waals surface area (Å²) in [5, 5.41) is 13.8. The number of nitro groups is 1. The molecule has 0 atom stereocenters. The molecule has 0 spiro atoms. The molecule has 0 saturated carbocycles. The molecule has 0 aromatic heterocycles. The van der Waals surface area contributed by atoms with E-state index in [1.54, 1.807) is 12.1 Å². The monoisotopic (exact) mass is 252 g/mol. The zero-order valence-electron chi connectivity index (χ0n) is 10.4. The molecule has 1 fully saturated rings. The van der Waals surface area contributed by atoms with Crippen LogP contribution >= 0.6 is 0 Å². The van der Waals surface area contributed by atoms with E-state index in [0.29, 0.717) is 18.9 Å². The molecule has 6 heteroatoms. The van der Waals surface area contributed by atoms with E-state index in [1.807, 2.05) is 13.8 Å². The Kier molecular flexibility index (Phi) is 3.49. The largest absolute Gasteiger partial charge is 0.377 e. The third-order valence-corrected chi connectivity index (χ3v) is 2.69. The lowest BCUT2D eigenvalue weighted by molar-refractivity contribution is -0.384.